The maximum atomic E-state index is 12.3. The molecule has 27 heavy (non-hydrogen) atoms. The summed E-state index contributed by atoms with van der Waals surface area (Å²) in [6, 6.07) is 7.60. The van der Waals surface area contributed by atoms with Crippen LogP contribution in [0.5, 0.6) is 0 Å². The molecule has 0 aliphatic heterocycles. The van der Waals surface area contributed by atoms with Crippen LogP contribution in [0.2, 0.25) is 5.02 Å². The maximum absolute atomic E-state index is 12.3. The quantitative estimate of drug-likeness (QED) is 0.575. The predicted molar refractivity (Wildman–Crippen MR) is 98.2 cm³/mol. The molecule has 6 nitrogen and oxygen atoms in total. The molecule has 0 unspecified atom stereocenters. The van der Waals surface area contributed by atoms with Crippen molar-refractivity contribution >= 4 is 23.5 Å². The van der Waals surface area contributed by atoms with E-state index in [1.807, 2.05) is 29.6 Å². The lowest BCUT2D eigenvalue weighted by atomic mass is 10.1. The monoisotopic (exact) mass is 414 g/mol. The van der Waals surface area contributed by atoms with E-state index < -0.39 is 11.9 Å². The second kappa shape index (κ2) is 11.0. The summed E-state index contributed by atoms with van der Waals surface area (Å²) < 4.78 is 10.2. The van der Waals surface area contributed by atoms with Crippen LogP contribution in [0.1, 0.15) is 51.5 Å². The number of carbonyl (C=O) groups excluding carboxylic acids is 2. The molecular weight excluding hydrogens is 391 g/mol. The molecule has 0 spiro atoms. The fourth-order valence-electron chi connectivity index (χ4n) is 2.73. The Labute approximate surface area is 170 Å². The number of nitrogens with two attached hydrogens (primary N) is 1. The van der Waals surface area contributed by atoms with Crippen LogP contribution >= 0.6 is 11.6 Å². The van der Waals surface area contributed by atoms with Gasteiger partial charge in [0.05, 0.1) is 24.5 Å². The largest absolute Gasteiger partial charge is 1.00 e. The van der Waals surface area contributed by atoms with E-state index in [1.54, 1.807) is 20.8 Å². The first-order valence-electron chi connectivity index (χ1n) is 8.60. The molecule has 0 aliphatic carbocycles. The third-order valence-corrected chi connectivity index (χ3v) is 4.33. The van der Waals surface area contributed by atoms with E-state index in [0.717, 1.165) is 5.56 Å². The number of hydrogen-bond acceptors (Lipinski definition) is 4. The molecule has 0 saturated heterocycles. The van der Waals surface area contributed by atoms with Crippen LogP contribution in [0, 0.1) is 6.92 Å². The molecule has 0 radical (unpaired) electrons. The molecule has 0 saturated carbocycles. The van der Waals surface area contributed by atoms with Crippen LogP contribution in [0.3, 0.4) is 0 Å². The van der Waals surface area contributed by atoms with Crippen LogP contribution in [0.25, 0.3) is 0 Å². The second-order valence-corrected chi connectivity index (χ2v) is 6.12. The molecule has 1 aromatic heterocycles. The lowest BCUT2D eigenvalue weighted by molar-refractivity contribution is -0.686. The number of quaternary nitrogens is 1. The minimum Gasteiger partial charge on any atom is -1.00 e. The van der Waals surface area contributed by atoms with Crippen LogP contribution < -0.4 is 17.7 Å². The minimum atomic E-state index is -0.479. The topological polar surface area (TPSA) is 85.0 Å². The number of halogens is 2. The average Bonchev–Trinajstić information content (AvgIpc) is 2.93. The fraction of sp³-hybridized carbons (Fsp3) is 0.368. The molecule has 148 valence electrons. The Kier molecular flexibility index (Phi) is 9.35. The number of aromatic nitrogens is 1. The summed E-state index contributed by atoms with van der Waals surface area (Å²) in [7, 11) is 0. The summed E-state index contributed by atoms with van der Waals surface area (Å²) >= 11 is 6.17. The maximum Gasteiger partial charge on any atom is 0.355 e. The molecule has 2 aromatic rings. The summed E-state index contributed by atoms with van der Waals surface area (Å²) in [5, 5.41) is 2.70. The number of nitrogens with one attached hydrogen (secondary N) is 1. The van der Waals surface area contributed by atoms with Gasteiger partial charge in [-0.15, -0.1) is 0 Å². The summed E-state index contributed by atoms with van der Waals surface area (Å²) in [6.45, 7) is 6.85. The normalized spacial score (nSPS) is 10.2. The van der Waals surface area contributed by atoms with Crippen LogP contribution in [-0.4, -0.2) is 30.1 Å². The van der Waals surface area contributed by atoms with Gasteiger partial charge in [0.1, 0.15) is 18.8 Å². The smallest absolute Gasteiger partial charge is 0.355 e. The van der Waals surface area contributed by atoms with Gasteiger partial charge in [0.2, 0.25) is 0 Å². The van der Waals surface area contributed by atoms with Gasteiger partial charge in [-0.2, -0.15) is 0 Å². The number of aromatic amines is 1. The van der Waals surface area contributed by atoms with E-state index in [9.17, 15) is 9.59 Å². The molecule has 0 amide bonds. The highest BCUT2D eigenvalue weighted by Gasteiger charge is 2.26. The summed E-state index contributed by atoms with van der Waals surface area (Å²) in [5.41, 5.74) is 2.86. The molecule has 0 aliphatic rings. The molecular formula is C19H24Cl2N2O4. The van der Waals surface area contributed by atoms with Crippen molar-refractivity contribution in [1.82, 2.24) is 4.98 Å². The second-order valence-electron chi connectivity index (χ2n) is 5.71. The van der Waals surface area contributed by atoms with Crippen molar-refractivity contribution in [3.63, 3.8) is 0 Å². The highest BCUT2D eigenvalue weighted by Crippen LogP contribution is 2.20. The van der Waals surface area contributed by atoms with Crippen LogP contribution in [0.4, 0.5) is 0 Å². The van der Waals surface area contributed by atoms with Gasteiger partial charge in [0.15, 0.2) is 0 Å². The lowest BCUT2D eigenvalue weighted by Crippen LogP contribution is -3.00. The number of rotatable bonds is 8. The Balaban J connectivity index is 0.00000364. The molecule has 2 rings (SSSR count). The van der Waals surface area contributed by atoms with Crippen molar-refractivity contribution in [2.45, 2.75) is 33.9 Å². The third kappa shape index (κ3) is 5.73. The number of benzene rings is 1. The highest BCUT2D eigenvalue weighted by atomic mass is 35.5. The Morgan fingerprint density at radius 2 is 1.70 bits per heavy atom. The van der Waals surface area contributed by atoms with Crippen molar-refractivity contribution in [2.75, 3.05) is 13.2 Å². The first-order chi connectivity index (χ1) is 12.5. The van der Waals surface area contributed by atoms with E-state index in [2.05, 4.69) is 4.98 Å². The molecule has 8 heteroatoms. The van der Waals surface area contributed by atoms with E-state index in [1.165, 1.54) is 0 Å². The van der Waals surface area contributed by atoms with Crippen molar-refractivity contribution in [3.05, 3.63) is 57.4 Å². The van der Waals surface area contributed by atoms with Crippen molar-refractivity contribution in [3.8, 4) is 0 Å². The Hall–Kier alpha value is -2.02. The SMILES string of the molecule is CCOC(=O)c1[nH]c(C[NH2+]Cc2ccccc2Cl)c(C(=O)OCC)c1C.[Cl-]. The molecule has 3 N–H and O–H groups in total. The fourth-order valence-corrected chi connectivity index (χ4v) is 2.95. The summed E-state index contributed by atoms with van der Waals surface area (Å²) in [5.74, 6) is -0.925. The summed E-state index contributed by atoms with van der Waals surface area (Å²) in [4.78, 5) is 27.5. The van der Waals surface area contributed by atoms with E-state index in [0.29, 0.717) is 34.9 Å². The van der Waals surface area contributed by atoms with Gasteiger partial charge in [0, 0.05) is 10.6 Å². The van der Waals surface area contributed by atoms with Crippen molar-refractivity contribution in [1.29, 1.82) is 0 Å². The van der Waals surface area contributed by atoms with Gasteiger partial charge in [-0.3, -0.25) is 0 Å². The van der Waals surface area contributed by atoms with Gasteiger partial charge in [-0.25, -0.2) is 9.59 Å². The third-order valence-electron chi connectivity index (χ3n) is 3.96. The standard InChI is InChI=1S/C19H23ClN2O4.ClH/c1-4-25-18(23)16-12(3)17(19(24)26-5-2)22-15(16)11-21-10-13-8-6-7-9-14(13)20;/h6-9,21-22H,4-5,10-11H2,1-3H3;1H. The zero-order valence-corrected chi connectivity index (χ0v) is 17.1. The highest BCUT2D eigenvalue weighted by molar-refractivity contribution is 6.31. The van der Waals surface area contributed by atoms with Gasteiger partial charge >= 0.3 is 11.9 Å². The number of hydrogen-bond donors (Lipinski definition) is 2. The molecule has 0 atom stereocenters. The van der Waals surface area contributed by atoms with E-state index in [4.69, 9.17) is 21.1 Å². The lowest BCUT2D eigenvalue weighted by Gasteiger charge is -2.06. The van der Waals surface area contributed by atoms with E-state index >= 15 is 0 Å². The van der Waals surface area contributed by atoms with Crippen molar-refractivity contribution in [2.24, 2.45) is 0 Å². The zero-order chi connectivity index (χ0) is 19.1. The van der Waals surface area contributed by atoms with Gasteiger partial charge in [0.25, 0.3) is 0 Å². The molecule has 1 aromatic carbocycles. The Bertz CT molecular complexity index is 790. The van der Waals surface area contributed by atoms with Gasteiger partial charge < -0.3 is 32.2 Å². The Morgan fingerprint density at radius 1 is 1.07 bits per heavy atom. The van der Waals surface area contributed by atoms with Crippen LogP contribution in [-0.2, 0) is 22.6 Å². The number of carbonyl (C=O) groups is 2. The minimum absolute atomic E-state index is 0. The Morgan fingerprint density at radius 3 is 2.33 bits per heavy atom. The van der Waals surface area contributed by atoms with Crippen molar-refractivity contribution < 1.29 is 36.8 Å². The van der Waals surface area contributed by atoms with Gasteiger partial charge in [-0.1, -0.05) is 29.8 Å². The first kappa shape index (κ1) is 23.0. The molecule has 0 bridgehead atoms. The number of esters is 2. The predicted octanol–water partition coefficient (Wildman–Crippen LogP) is -0.402. The van der Waals surface area contributed by atoms with Crippen LogP contribution in [0.15, 0.2) is 24.3 Å². The van der Waals surface area contributed by atoms with Gasteiger partial charge in [-0.05, 0) is 32.4 Å². The average molecular weight is 415 g/mol. The molecule has 0 fully saturated rings. The summed E-state index contributed by atoms with van der Waals surface area (Å²) in [6.07, 6.45) is 0. The molecule has 1 heterocycles. The van der Waals surface area contributed by atoms with E-state index in [-0.39, 0.29) is 31.3 Å². The zero-order valence-electron chi connectivity index (χ0n) is 15.6. The number of ether oxygens (including phenoxy) is 2. The number of H-pyrrole nitrogens is 1. The first-order valence-corrected chi connectivity index (χ1v) is 8.98.